The summed E-state index contributed by atoms with van der Waals surface area (Å²) in [5, 5.41) is 18.4. The van der Waals surface area contributed by atoms with Crippen molar-refractivity contribution in [3.8, 4) is 22.6 Å². The summed E-state index contributed by atoms with van der Waals surface area (Å²) < 4.78 is 84.8. The van der Waals surface area contributed by atoms with E-state index < -0.39 is 57.5 Å². The van der Waals surface area contributed by atoms with E-state index in [1.165, 1.54) is 24.3 Å². The summed E-state index contributed by atoms with van der Waals surface area (Å²) in [5.74, 6) is -9.87. The van der Waals surface area contributed by atoms with Crippen LogP contribution in [0.5, 0.6) is 11.5 Å². The minimum Gasteiger partial charge on any atom is -0.505 e. The second kappa shape index (κ2) is 9.44. The van der Waals surface area contributed by atoms with Crippen LogP contribution in [0.1, 0.15) is 42.7 Å². The van der Waals surface area contributed by atoms with Crippen molar-refractivity contribution in [2.24, 2.45) is 5.92 Å². The van der Waals surface area contributed by atoms with Crippen molar-refractivity contribution in [2.45, 2.75) is 31.6 Å². The monoisotopic (exact) mass is 478 g/mol. The molecule has 1 saturated carbocycles. The van der Waals surface area contributed by atoms with Crippen molar-refractivity contribution in [1.82, 2.24) is 0 Å². The zero-order valence-electron chi connectivity index (χ0n) is 17.8. The molecule has 1 aliphatic carbocycles. The van der Waals surface area contributed by atoms with E-state index in [-0.39, 0.29) is 23.0 Å². The van der Waals surface area contributed by atoms with Gasteiger partial charge in [-0.1, -0.05) is 24.3 Å². The highest BCUT2D eigenvalue weighted by atomic mass is 19.2. The summed E-state index contributed by atoms with van der Waals surface area (Å²) >= 11 is 0. The van der Waals surface area contributed by atoms with Gasteiger partial charge in [0.1, 0.15) is 0 Å². The van der Waals surface area contributed by atoms with E-state index in [4.69, 9.17) is 0 Å². The Hall–Kier alpha value is -3.42. The Kier molecular flexibility index (Phi) is 6.59. The summed E-state index contributed by atoms with van der Waals surface area (Å²) in [4.78, 5) is 0. The van der Waals surface area contributed by atoms with Crippen LogP contribution in [0.15, 0.2) is 42.5 Å². The van der Waals surface area contributed by atoms with Gasteiger partial charge >= 0.3 is 0 Å². The Morgan fingerprint density at radius 2 is 1.12 bits per heavy atom. The summed E-state index contributed by atoms with van der Waals surface area (Å²) in [7, 11) is 0. The van der Waals surface area contributed by atoms with E-state index in [9.17, 15) is 36.6 Å². The van der Waals surface area contributed by atoms with Crippen molar-refractivity contribution in [3.63, 3.8) is 0 Å². The van der Waals surface area contributed by atoms with E-state index in [1.807, 2.05) is 0 Å². The first kappa shape index (κ1) is 23.7. The molecule has 8 heteroatoms. The highest BCUT2D eigenvalue weighted by Gasteiger charge is 2.27. The van der Waals surface area contributed by atoms with Crippen molar-refractivity contribution in [1.29, 1.82) is 0 Å². The van der Waals surface area contributed by atoms with Gasteiger partial charge in [0.2, 0.25) is 11.6 Å². The molecule has 178 valence electrons. The third-order valence-corrected chi connectivity index (χ3v) is 6.32. The van der Waals surface area contributed by atoms with Gasteiger partial charge in [0.25, 0.3) is 0 Å². The first-order chi connectivity index (χ1) is 16.2. The van der Waals surface area contributed by atoms with Gasteiger partial charge in [0, 0.05) is 16.7 Å². The molecule has 1 aliphatic rings. The van der Waals surface area contributed by atoms with E-state index in [1.54, 1.807) is 6.08 Å². The van der Waals surface area contributed by atoms with Gasteiger partial charge in [-0.3, -0.25) is 0 Å². The Morgan fingerprint density at radius 1 is 0.588 bits per heavy atom. The molecular formula is C26H20F6O2. The average Bonchev–Trinajstić information content (AvgIpc) is 2.83. The third kappa shape index (κ3) is 4.36. The van der Waals surface area contributed by atoms with Crippen molar-refractivity contribution in [2.75, 3.05) is 0 Å². The van der Waals surface area contributed by atoms with Crippen LogP contribution in [-0.4, -0.2) is 10.2 Å². The SMILES string of the molecule is Oc1ccc(/C=C/C2CCC(c3ccc(-c4ccc(O)c(F)c4F)c(F)c3F)CC2)c(F)c1F. The number of rotatable bonds is 4. The van der Waals surface area contributed by atoms with E-state index in [0.717, 1.165) is 18.2 Å². The van der Waals surface area contributed by atoms with Crippen LogP contribution in [0.2, 0.25) is 0 Å². The van der Waals surface area contributed by atoms with Gasteiger partial charge in [0.05, 0.1) is 0 Å². The van der Waals surface area contributed by atoms with Crippen LogP contribution in [-0.2, 0) is 0 Å². The van der Waals surface area contributed by atoms with Gasteiger partial charge in [-0.2, -0.15) is 8.78 Å². The number of hydrogen-bond acceptors (Lipinski definition) is 2. The quantitative estimate of drug-likeness (QED) is 0.380. The molecule has 0 bridgehead atoms. The number of halogens is 6. The smallest absolute Gasteiger partial charge is 0.200 e. The molecule has 0 unspecified atom stereocenters. The molecular weight excluding hydrogens is 458 g/mol. The number of benzene rings is 3. The lowest BCUT2D eigenvalue weighted by Crippen LogP contribution is -2.14. The predicted molar refractivity (Wildman–Crippen MR) is 115 cm³/mol. The lowest BCUT2D eigenvalue weighted by molar-refractivity contribution is 0.365. The number of phenols is 2. The highest BCUT2D eigenvalue weighted by molar-refractivity contribution is 5.66. The molecule has 3 aromatic carbocycles. The standard InChI is InChI=1S/C26H20F6O2/c27-21-15(7-11-19(33)25(21)31)6-3-13-1-4-14(5-2-13)16-8-9-17(23(29)22(16)28)18-10-12-20(34)26(32)24(18)30/h3,6-14,33-34H,1-2,4-5H2/b6-3+. The second-order valence-corrected chi connectivity index (χ2v) is 8.36. The molecule has 0 heterocycles. The fourth-order valence-corrected chi connectivity index (χ4v) is 4.38. The molecule has 3 aromatic rings. The van der Waals surface area contributed by atoms with Crippen LogP contribution in [0.3, 0.4) is 0 Å². The van der Waals surface area contributed by atoms with Crippen LogP contribution >= 0.6 is 0 Å². The Labute approximate surface area is 191 Å². The zero-order valence-corrected chi connectivity index (χ0v) is 17.8. The fraction of sp³-hybridized carbons (Fsp3) is 0.231. The molecule has 0 saturated heterocycles. The molecule has 2 N–H and O–H groups in total. The van der Waals surface area contributed by atoms with Crippen molar-refractivity contribution >= 4 is 6.08 Å². The maximum Gasteiger partial charge on any atom is 0.200 e. The van der Waals surface area contributed by atoms with Gasteiger partial charge in [0.15, 0.2) is 34.8 Å². The molecule has 2 nitrogen and oxygen atoms in total. The lowest BCUT2D eigenvalue weighted by atomic mass is 9.78. The van der Waals surface area contributed by atoms with Crippen LogP contribution < -0.4 is 0 Å². The van der Waals surface area contributed by atoms with E-state index in [2.05, 4.69) is 0 Å². The molecule has 4 rings (SSSR count). The summed E-state index contributed by atoms with van der Waals surface area (Å²) in [6.07, 6.45) is 5.39. The molecule has 34 heavy (non-hydrogen) atoms. The lowest BCUT2D eigenvalue weighted by Gasteiger charge is -2.27. The minimum absolute atomic E-state index is 0.000901. The summed E-state index contributed by atoms with van der Waals surface area (Å²) in [5.41, 5.74) is -0.809. The molecule has 0 spiro atoms. The van der Waals surface area contributed by atoms with Gasteiger partial charge in [-0.15, -0.1) is 0 Å². The molecule has 0 radical (unpaired) electrons. The topological polar surface area (TPSA) is 40.5 Å². The maximum absolute atomic E-state index is 14.9. The number of hydrogen-bond donors (Lipinski definition) is 2. The second-order valence-electron chi connectivity index (χ2n) is 8.36. The van der Waals surface area contributed by atoms with Crippen molar-refractivity contribution < 1.29 is 36.6 Å². The minimum atomic E-state index is -1.54. The number of aromatic hydroxyl groups is 2. The van der Waals surface area contributed by atoms with Crippen molar-refractivity contribution in [3.05, 3.63) is 88.5 Å². The molecule has 0 aliphatic heterocycles. The van der Waals surface area contributed by atoms with Crippen LogP contribution in [0, 0.1) is 40.8 Å². The molecule has 1 fully saturated rings. The highest BCUT2D eigenvalue weighted by Crippen LogP contribution is 2.40. The maximum atomic E-state index is 14.9. The molecule has 0 amide bonds. The van der Waals surface area contributed by atoms with Crippen LogP contribution in [0.4, 0.5) is 26.3 Å². The third-order valence-electron chi connectivity index (χ3n) is 6.32. The Morgan fingerprint density at radius 3 is 1.76 bits per heavy atom. The zero-order chi connectivity index (χ0) is 24.6. The Bertz CT molecular complexity index is 1260. The van der Waals surface area contributed by atoms with Gasteiger partial charge in [-0.25, -0.2) is 17.6 Å². The Balaban J connectivity index is 1.48. The van der Waals surface area contributed by atoms with E-state index in [0.29, 0.717) is 25.7 Å². The average molecular weight is 478 g/mol. The normalized spacial score (nSPS) is 18.5. The predicted octanol–water partition coefficient (Wildman–Crippen LogP) is 7.59. The number of phenolic OH excluding ortho intramolecular Hbond substituents is 2. The first-order valence-electron chi connectivity index (χ1n) is 10.7. The van der Waals surface area contributed by atoms with E-state index >= 15 is 0 Å². The fourth-order valence-electron chi connectivity index (χ4n) is 4.38. The number of allylic oxidation sites excluding steroid dienone is 1. The summed E-state index contributed by atoms with van der Waals surface area (Å²) in [6.45, 7) is 0. The largest absolute Gasteiger partial charge is 0.505 e. The van der Waals surface area contributed by atoms with Gasteiger partial charge < -0.3 is 10.2 Å². The summed E-state index contributed by atoms with van der Waals surface area (Å²) in [6, 6.07) is 6.72. The molecule has 0 aromatic heterocycles. The van der Waals surface area contributed by atoms with Crippen LogP contribution in [0.25, 0.3) is 17.2 Å². The van der Waals surface area contributed by atoms with Gasteiger partial charge in [-0.05, 0) is 67.3 Å². The first-order valence-corrected chi connectivity index (χ1v) is 10.7. The molecule has 0 atom stereocenters.